The molecule has 0 aliphatic rings. The van der Waals surface area contributed by atoms with Gasteiger partial charge in [0.15, 0.2) is 0 Å². The monoisotopic (exact) mass is 417 g/mol. The van der Waals surface area contributed by atoms with Crippen molar-refractivity contribution in [2.75, 3.05) is 12.8 Å². The molecular formula is C24H20FN3O3. The van der Waals surface area contributed by atoms with Gasteiger partial charge in [0.2, 0.25) is 5.95 Å². The number of benzene rings is 3. The van der Waals surface area contributed by atoms with Crippen molar-refractivity contribution in [3.05, 3.63) is 84.3 Å². The number of nitrogens with zero attached hydrogens (tertiary/aromatic N) is 2. The molecule has 3 aromatic carbocycles. The van der Waals surface area contributed by atoms with Gasteiger partial charge in [-0.05, 0) is 47.5 Å². The van der Waals surface area contributed by atoms with Crippen molar-refractivity contribution in [3.63, 3.8) is 0 Å². The minimum atomic E-state index is -0.303. The molecule has 0 saturated carbocycles. The summed E-state index contributed by atoms with van der Waals surface area (Å²) in [6, 6.07) is 18.4. The van der Waals surface area contributed by atoms with Gasteiger partial charge >= 0.3 is 0 Å². The second-order valence-electron chi connectivity index (χ2n) is 6.81. The van der Waals surface area contributed by atoms with Crippen LogP contribution >= 0.6 is 0 Å². The van der Waals surface area contributed by atoms with Crippen LogP contribution in [0.4, 0.5) is 10.3 Å². The van der Waals surface area contributed by atoms with E-state index in [0.29, 0.717) is 22.6 Å². The first-order valence-electron chi connectivity index (χ1n) is 9.51. The minimum Gasteiger partial charge on any atom is -0.507 e. The van der Waals surface area contributed by atoms with E-state index in [1.165, 1.54) is 18.2 Å². The number of rotatable bonds is 6. The van der Waals surface area contributed by atoms with Gasteiger partial charge in [-0.1, -0.05) is 24.3 Å². The van der Waals surface area contributed by atoms with Crippen LogP contribution in [-0.2, 0) is 6.61 Å². The van der Waals surface area contributed by atoms with E-state index in [0.717, 1.165) is 16.9 Å². The summed E-state index contributed by atoms with van der Waals surface area (Å²) in [6.07, 6.45) is 1.62. The van der Waals surface area contributed by atoms with E-state index in [1.807, 2.05) is 24.3 Å². The third kappa shape index (κ3) is 4.56. The van der Waals surface area contributed by atoms with Crippen LogP contribution in [0.5, 0.6) is 17.2 Å². The lowest BCUT2D eigenvalue weighted by atomic mass is 10.00. The van der Waals surface area contributed by atoms with Crippen LogP contribution in [-0.4, -0.2) is 22.2 Å². The highest BCUT2D eigenvalue weighted by Gasteiger charge is 2.15. The number of anilines is 1. The quantitative estimate of drug-likeness (QED) is 0.467. The lowest BCUT2D eigenvalue weighted by Crippen LogP contribution is -1.99. The van der Waals surface area contributed by atoms with Crippen molar-refractivity contribution in [1.82, 2.24) is 9.97 Å². The molecule has 4 rings (SSSR count). The molecule has 31 heavy (non-hydrogen) atoms. The normalized spacial score (nSPS) is 10.6. The van der Waals surface area contributed by atoms with Crippen LogP contribution in [0.2, 0.25) is 0 Å². The Morgan fingerprint density at radius 2 is 1.65 bits per heavy atom. The number of methoxy groups -OCH3 is 1. The Morgan fingerprint density at radius 3 is 2.32 bits per heavy atom. The number of nitrogen functional groups attached to an aromatic ring is 1. The van der Waals surface area contributed by atoms with Crippen LogP contribution in [0.15, 0.2) is 72.9 Å². The summed E-state index contributed by atoms with van der Waals surface area (Å²) in [6.45, 7) is 0.247. The molecule has 0 fully saturated rings. The molecular weight excluding hydrogens is 397 g/mol. The van der Waals surface area contributed by atoms with Gasteiger partial charge < -0.3 is 20.3 Å². The number of nitrogens with two attached hydrogens (primary N) is 1. The summed E-state index contributed by atoms with van der Waals surface area (Å²) in [5.74, 6) is 0.987. The molecule has 156 valence electrons. The molecule has 0 bridgehead atoms. The Balaban J connectivity index is 1.63. The summed E-state index contributed by atoms with van der Waals surface area (Å²) < 4.78 is 24.0. The van der Waals surface area contributed by atoms with E-state index in [4.69, 9.17) is 15.2 Å². The number of phenolic OH excluding ortho intramolecular Hbond substituents is 1. The average molecular weight is 417 g/mol. The molecule has 1 heterocycles. The van der Waals surface area contributed by atoms with Gasteiger partial charge in [0.05, 0.1) is 12.8 Å². The van der Waals surface area contributed by atoms with E-state index >= 15 is 0 Å². The standard InChI is InChI=1S/C24H20FN3O3/c1-30-18-8-4-16(5-9-18)21-13-27-24(26)28-23(21)20-11-10-19(12-22(20)29)31-14-15-2-6-17(25)7-3-15/h2-13,29H,14H2,1H3,(H2,26,27,28). The molecule has 6 nitrogen and oxygen atoms in total. The molecule has 0 spiro atoms. The number of hydrogen-bond acceptors (Lipinski definition) is 6. The first kappa shape index (κ1) is 20.2. The molecule has 1 aromatic heterocycles. The predicted molar refractivity (Wildman–Crippen MR) is 116 cm³/mol. The van der Waals surface area contributed by atoms with Gasteiger partial charge in [-0.3, -0.25) is 0 Å². The van der Waals surface area contributed by atoms with E-state index in [2.05, 4.69) is 9.97 Å². The van der Waals surface area contributed by atoms with E-state index in [-0.39, 0.29) is 24.1 Å². The van der Waals surface area contributed by atoms with Crippen molar-refractivity contribution in [2.45, 2.75) is 6.61 Å². The largest absolute Gasteiger partial charge is 0.507 e. The summed E-state index contributed by atoms with van der Waals surface area (Å²) in [7, 11) is 1.60. The number of phenols is 1. The molecule has 0 aliphatic carbocycles. The van der Waals surface area contributed by atoms with Crippen molar-refractivity contribution in [2.24, 2.45) is 0 Å². The summed E-state index contributed by atoms with van der Waals surface area (Å²) in [5.41, 5.74) is 9.19. The van der Waals surface area contributed by atoms with Crippen molar-refractivity contribution < 1.29 is 19.0 Å². The molecule has 0 aliphatic heterocycles. The van der Waals surface area contributed by atoms with Crippen LogP contribution in [0, 0.1) is 5.82 Å². The minimum absolute atomic E-state index is 0.00975. The maximum Gasteiger partial charge on any atom is 0.220 e. The van der Waals surface area contributed by atoms with E-state index in [1.54, 1.807) is 37.6 Å². The zero-order valence-corrected chi connectivity index (χ0v) is 16.7. The highest BCUT2D eigenvalue weighted by Crippen LogP contribution is 2.37. The Labute approximate surface area is 178 Å². The van der Waals surface area contributed by atoms with Crippen molar-refractivity contribution in [1.29, 1.82) is 0 Å². The molecule has 0 amide bonds. The molecule has 3 N–H and O–H groups in total. The predicted octanol–water partition coefficient (Wildman–Crippen LogP) is 4.83. The van der Waals surface area contributed by atoms with E-state index < -0.39 is 0 Å². The first-order chi connectivity index (χ1) is 15.0. The summed E-state index contributed by atoms with van der Waals surface area (Å²) in [5, 5.41) is 10.7. The van der Waals surface area contributed by atoms with Crippen LogP contribution < -0.4 is 15.2 Å². The Kier molecular flexibility index (Phi) is 5.66. The van der Waals surface area contributed by atoms with Crippen molar-refractivity contribution in [3.8, 4) is 39.6 Å². The number of hydrogen-bond donors (Lipinski definition) is 2. The highest BCUT2D eigenvalue weighted by atomic mass is 19.1. The Morgan fingerprint density at radius 1 is 0.935 bits per heavy atom. The molecule has 0 atom stereocenters. The van der Waals surface area contributed by atoms with Gasteiger partial charge in [-0.25, -0.2) is 14.4 Å². The fourth-order valence-electron chi connectivity index (χ4n) is 3.13. The highest BCUT2D eigenvalue weighted by molar-refractivity contribution is 5.83. The van der Waals surface area contributed by atoms with Gasteiger partial charge in [-0.2, -0.15) is 0 Å². The smallest absolute Gasteiger partial charge is 0.220 e. The zero-order chi connectivity index (χ0) is 21.8. The molecule has 7 heteroatoms. The maximum atomic E-state index is 13.0. The topological polar surface area (TPSA) is 90.5 Å². The second-order valence-corrected chi connectivity index (χ2v) is 6.81. The number of halogens is 1. The second kappa shape index (κ2) is 8.71. The number of aromatic nitrogens is 2. The SMILES string of the molecule is COc1ccc(-c2cnc(N)nc2-c2ccc(OCc3ccc(F)cc3)cc2O)cc1. The van der Waals surface area contributed by atoms with Gasteiger partial charge in [0.1, 0.15) is 29.7 Å². The number of ether oxygens (including phenoxy) is 2. The molecule has 4 aromatic rings. The van der Waals surface area contributed by atoms with E-state index in [9.17, 15) is 9.50 Å². The fraction of sp³-hybridized carbons (Fsp3) is 0.0833. The maximum absolute atomic E-state index is 13.0. The third-order valence-corrected chi connectivity index (χ3v) is 4.75. The molecule has 0 radical (unpaired) electrons. The van der Waals surface area contributed by atoms with Crippen LogP contribution in [0.3, 0.4) is 0 Å². The third-order valence-electron chi connectivity index (χ3n) is 4.75. The van der Waals surface area contributed by atoms with Crippen LogP contribution in [0.1, 0.15) is 5.56 Å². The van der Waals surface area contributed by atoms with Crippen LogP contribution in [0.25, 0.3) is 22.4 Å². The fourth-order valence-corrected chi connectivity index (χ4v) is 3.13. The Bertz CT molecular complexity index is 1200. The zero-order valence-electron chi connectivity index (χ0n) is 16.7. The summed E-state index contributed by atoms with van der Waals surface area (Å²) in [4.78, 5) is 8.46. The van der Waals surface area contributed by atoms with Gasteiger partial charge in [-0.15, -0.1) is 0 Å². The van der Waals surface area contributed by atoms with Crippen molar-refractivity contribution >= 4 is 5.95 Å². The molecule has 0 unspecified atom stereocenters. The lowest BCUT2D eigenvalue weighted by Gasteiger charge is -2.13. The first-order valence-corrected chi connectivity index (χ1v) is 9.51. The van der Waals surface area contributed by atoms with Gasteiger partial charge in [0, 0.05) is 23.4 Å². The lowest BCUT2D eigenvalue weighted by molar-refractivity contribution is 0.304. The Hall–Kier alpha value is -4.13. The summed E-state index contributed by atoms with van der Waals surface area (Å²) >= 11 is 0. The molecule has 0 saturated heterocycles. The van der Waals surface area contributed by atoms with Gasteiger partial charge in [0.25, 0.3) is 0 Å². The average Bonchev–Trinajstić information content (AvgIpc) is 2.79. The number of aromatic hydroxyl groups is 1.